The van der Waals surface area contributed by atoms with Gasteiger partial charge in [-0.15, -0.1) is 0 Å². The molecule has 0 heterocycles. The summed E-state index contributed by atoms with van der Waals surface area (Å²) in [5.41, 5.74) is 0. The summed E-state index contributed by atoms with van der Waals surface area (Å²) < 4.78 is 16.8. The van der Waals surface area contributed by atoms with E-state index in [2.05, 4.69) is 81.5 Å². The molecule has 6 nitrogen and oxygen atoms in total. The zero-order valence-electron chi connectivity index (χ0n) is 47.2. The second-order valence-electron chi connectivity index (χ2n) is 20.6. The van der Waals surface area contributed by atoms with E-state index in [0.29, 0.717) is 19.3 Å². The summed E-state index contributed by atoms with van der Waals surface area (Å²) in [7, 11) is 0. The molecule has 0 aromatic carbocycles. The number of rotatable bonds is 56. The van der Waals surface area contributed by atoms with Gasteiger partial charge in [-0.2, -0.15) is 0 Å². The van der Waals surface area contributed by atoms with Crippen molar-refractivity contribution in [2.45, 2.75) is 322 Å². The summed E-state index contributed by atoms with van der Waals surface area (Å²) >= 11 is 0. The van der Waals surface area contributed by atoms with Crippen LogP contribution in [-0.2, 0) is 28.6 Å². The lowest BCUT2D eigenvalue weighted by Gasteiger charge is -2.18. The van der Waals surface area contributed by atoms with E-state index in [-0.39, 0.29) is 31.1 Å². The minimum Gasteiger partial charge on any atom is -0.462 e. The zero-order valence-corrected chi connectivity index (χ0v) is 47.2. The Kier molecular flexibility index (Phi) is 57.2. The van der Waals surface area contributed by atoms with Crippen LogP contribution in [0.15, 0.2) is 60.8 Å². The molecule has 0 aliphatic rings. The highest BCUT2D eigenvalue weighted by Gasteiger charge is 2.19. The van der Waals surface area contributed by atoms with Crippen molar-refractivity contribution >= 4 is 17.9 Å². The van der Waals surface area contributed by atoms with Crippen molar-refractivity contribution in [2.24, 2.45) is 0 Å². The molecule has 0 N–H and O–H groups in total. The molecule has 0 aliphatic carbocycles. The Labute approximate surface area is 440 Å². The maximum Gasteiger partial charge on any atom is 0.306 e. The summed E-state index contributed by atoms with van der Waals surface area (Å²) in [6, 6.07) is 0. The minimum absolute atomic E-state index is 0.0725. The van der Waals surface area contributed by atoms with E-state index < -0.39 is 6.10 Å². The number of esters is 3. The molecular weight excluding hydrogens is 877 g/mol. The fraction of sp³-hybridized carbons (Fsp3) is 0.800. The number of hydrogen-bond acceptors (Lipinski definition) is 6. The lowest BCUT2D eigenvalue weighted by molar-refractivity contribution is -0.167. The third kappa shape index (κ3) is 57.9. The van der Waals surface area contributed by atoms with Gasteiger partial charge in [0.1, 0.15) is 13.2 Å². The molecule has 412 valence electrons. The van der Waals surface area contributed by atoms with Gasteiger partial charge < -0.3 is 14.2 Å². The van der Waals surface area contributed by atoms with E-state index in [4.69, 9.17) is 14.2 Å². The fourth-order valence-electron chi connectivity index (χ4n) is 8.90. The number of ether oxygens (including phenoxy) is 3. The van der Waals surface area contributed by atoms with E-state index in [9.17, 15) is 14.4 Å². The first-order valence-electron chi connectivity index (χ1n) is 30.8. The van der Waals surface area contributed by atoms with Crippen LogP contribution < -0.4 is 0 Å². The number of unbranched alkanes of at least 4 members (excludes halogenated alkanes) is 35. The average molecular weight is 994 g/mol. The molecule has 0 aromatic heterocycles. The molecule has 0 aliphatic heterocycles. The second-order valence-corrected chi connectivity index (χ2v) is 20.6. The smallest absolute Gasteiger partial charge is 0.306 e. The standard InChI is InChI=1S/C65H116O6/c1-4-7-10-13-16-19-21-23-24-25-26-27-28-29-30-31-32-33-34-35-36-37-38-39-40-41-42-43-45-46-49-52-55-58-64(67)70-61-62(60-69-63(66)57-54-51-48-18-15-12-9-6-3)71-65(68)59-56-53-50-47-44-22-20-17-14-11-8-5-2/h7,10,16-17,19-20,23-24,26-27,62H,4-6,8-9,11-15,18,21-22,25,28-61H2,1-3H3/b10-7-,19-16-,20-17-,24-23-,27-26-. The molecular formula is C65H116O6. The summed E-state index contributed by atoms with van der Waals surface area (Å²) in [5.74, 6) is -0.873. The first-order chi connectivity index (χ1) is 35.0. The molecule has 0 saturated heterocycles. The molecule has 0 amide bonds. The van der Waals surface area contributed by atoms with Gasteiger partial charge in [0.15, 0.2) is 6.10 Å². The molecule has 0 rings (SSSR count). The quantitative estimate of drug-likeness (QED) is 0.0261. The zero-order chi connectivity index (χ0) is 51.4. The van der Waals surface area contributed by atoms with Gasteiger partial charge in [-0.25, -0.2) is 0 Å². The second kappa shape index (κ2) is 59.7. The van der Waals surface area contributed by atoms with Gasteiger partial charge in [0.25, 0.3) is 0 Å². The third-order valence-corrected chi connectivity index (χ3v) is 13.5. The Bertz CT molecular complexity index is 1280. The number of carbonyl (C=O) groups excluding carboxylic acids is 3. The van der Waals surface area contributed by atoms with Crippen LogP contribution in [0.4, 0.5) is 0 Å². The van der Waals surface area contributed by atoms with Gasteiger partial charge in [-0.05, 0) is 83.5 Å². The first-order valence-corrected chi connectivity index (χ1v) is 30.8. The minimum atomic E-state index is -0.771. The molecule has 0 saturated carbocycles. The number of allylic oxidation sites excluding steroid dienone is 10. The van der Waals surface area contributed by atoms with E-state index in [1.165, 1.54) is 186 Å². The van der Waals surface area contributed by atoms with Crippen LogP contribution in [0, 0.1) is 0 Å². The lowest BCUT2D eigenvalue weighted by atomic mass is 10.0. The predicted molar refractivity (Wildman–Crippen MR) is 307 cm³/mol. The Morgan fingerprint density at radius 1 is 0.296 bits per heavy atom. The van der Waals surface area contributed by atoms with Gasteiger partial charge in [-0.1, -0.05) is 274 Å². The van der Waals surface area contributed by atoms with Crippen LogP contribution in [0.1, 0.15) is 316 Å². The molecule has 0 fully saturated rings. The van der Waals surface area contributed by atoms with Crippen molar-refractivity contribution in [3.8, 4) is 0 Å². The highest BCUT2D eigenvalue weighted by molar-refractivity contribution is 5.71. The van der Waals surface area contributed by atoms with Crippen LogP contribution in [-0.4, -0.2) is 37.2 Å². The maximum absolute atomic E-state index is 12.8. The summed E-state index contributed by atoms with van der Waals surface area (Å²) in [6.07, 6.45) is 75.5. The van der Waals surface area contributed by atoms with Crippen molar-refractivity contribution < 1.29 is 28.6 Å². The van der Waals surface area contributed by atoms with Gasteiger partial charge in [0.2, 0.25) is 0 Å². The molecule has 0 bridgehead atoms. The van der Waals surface area contributed by atoms with Crippen LogP contribution >= 0.6 is 0 Å². The van der Waals surface area contributed by atoms with Crippen LogP contribution in [0.3, 0.4) is 0 Å². The summed E-state index contributed by atoms with van der Waals surface area (Å²) in [6.45, 7) is 6.49. The van der Waals surface area contributed by atoms with Gasteiger partial charge in [-0.3, -0.25) is 14.4 Å². The highest BCUT2D eigenvalue weighted by Crippen LogP contribution is 2.17. The monoisotopic (exact) mass is 993 g/mol. The molecule has 1 unspecified atom stereocenters. The molecule has 1 atom stereocenters. The van der Waals surface area contributed by atoms with Crippen LogP contribution in [0.5, 0.6) is 0 Å². The van der Waals surface area contributed by atoms with Crippen molar-refractivity contribution in [3.63, 3.8) is 0 Å². The largest absolute Gasteiger partial charge is 0.462 e. The Hall–Kier alpha value is -2.89. The summed E-state index contributed by atoms with van der Waals surface area (Å²) in [4.78, 5) is 37.9. The fourth-order valence-corrected chi connectivity index (χ4v) is 8.90. The number of carbonyl (C=O) groups is 3. The Morgan fingerprint density at radius 3 is 0.901 bits per heavy atom. The van der Waals surface area contributed by atoms with E-state index >= 15 is 0 Å². The SMILES string of the molecule is CC/C=C\C/C=C\C/C=C\C/C=C\CCCCCCCCCCCCCCCCCCCCCCC(=O)OCC(COC(=O)CCCCCCCCCC)OC(=O)CCCCCCC/C=C\CCCCC. The maximum atomic E-state index is 12.8. The third-order valence-electron chi connectivity index (χ3n) is 13.5. The van der Waals surface area contributed by atoms with Crippen LogP contribution in [0.25, 0.3) is 0 Å². The molecule has 0 spiro atoms. The molecule has 6 heteroatoms. The predicted octanol–water partition coefficient (Wildman–Crippen LogP) is 20.8. The van der Waals surface area contributed by atoms with Gasteiger partial charge in [0.05, 0.1) is 0 Å². The molecule has 0 radical (unpaired) electrons. The average Bonchev–Trinajstić information content (AvgIpc) is 3.37. The summed E-state index contributed by atoms with van der Waals surface area (Å²) in [5, 5.41) is 0. The molecule has 0 aromatic rings. The van der Waals surface area contributed by atoms with E-state index in [0.717, 1.165) is 89.9 Å². The number of hydrogen-bond donors (Lipinski definition) is 0. The van der Waals surface area contributed by atoms with E-state index in [1.54, 1.807) is 0 Å². The Balaban J connectivity index is 3.96. The van der Waals surface area contributed by atoms with Crippen LogP contribution in [0.2, 0.25) is 0 Å². The molecule has 71 heavy (non-hydrogen) atoms. The Morgan fingerprint density at radius 2 is 0.549 bits per heavy atom. The normalized spacial score (nSPS) is 12.4. The first kappa shape index (κ1) is 68.1. The van der Waals surface area contributed by atoms with Crippen molar-refractivity contribution in [2.75, 3.05) is 13.2 Å². The van der Waals surface area contributed by atoms with Gasteiger partial charge >= 0.3 is 17.9 Å². The van der Waals surface area contributed by atoms with Crippen molar-refractivity contribution in [1.82, 2.24) is 0 Å². The van der Waals surface area contributed by atoms with Crippen molar-refractivity contribution in [3.05, 3.63) is 60.8 Å². The van der Waals surface area contributed by atoms with Crippen molar-refractivity contribution in [1.29, 1.82) is 0 Å². The highest BCUT2D eigenvalue weighted by atomic mass is 16.6. The topological polar surface area (TPSA) is 78.9 Å². The lowest BCUT2D eigenvalue weighted by Crippen LogP contribution is -2.30. The van der Waals surface area contributed by atoms with Gasteiger partial charge in [0, 0.05) is 19.3 Å². The van der Waals surface area contributed by atoms with E-state index in [1.807, 2.05) is 0 Å².